The van der Waals surface area contributed by atoms with Crippen molar-refractivity contribution < 1.29 is 19.4 Å². The van der Waals surface area contributed by atoms with E-state index in [1.807, 2.05) is 6.07 Å². The Balaban J connectivity index is 2.49. The zero-order valence-electron chi connectivity index (χ0n) is 14.8. The van der Waals surface area contributed by atoms with Crippen LogP contribution in [-0.4, -0.2) is 22.5 Å². The molecule has 2 aromatic carbocycles. The summed E-state index contributed by atoms with van der Waals surface area (Å²) in [4.78, 5) is 25.4. The largest absolute Gasteiger partial charge is 0.507 e. The maximum absolute atomic E-state index is 12.8. The van der Waals surface area contributed by atoms with E-state index >= 15 is 0 Å². The van der Waals surface area contributed by atoms with Crippen molar-refractivity contribution in [1.82, 2.24) is 0 Å². The van der Waals surface area contributed by atoms with Crippen LogP contribution >= 0.6 is 0 Å². The second-order valence-corrected chi connectivity index (χ2v) is 6.64. The Morgan fingerprint density at radius 1 is 1.08 bits per heavy atom. The quantitative estimate of drug-likeness (QED) is 0.298. The zero-order valence-corrected chi connectivity index (χ0v) is 14.8. The molecule has 0 saturated carbocycles. The van der Waals surface area contributed by atoms with Gasteiger partial charge in [0.15, 0.2) is 0 Å². The van der Waals surface area contributed by atoms with Crippen LogP contribution in [0, 0.1) is 11.3 Å². The maximum Gasteiger partial charge on any atom is 0.342 e. The molecule has 0 aliphatic heterocycles. The molecule has 0 saturated heterocycles. The van der Waals surface area contributed by atoms with E-state index in [-0.39, 0.29) is 16.9 Å². The van der Waals surface area contributed by atoms with Gasteiger partial charge < -0.3 is 9.84 Å². The first-order valence-corrected chi connectivity index (χ1v) is 7.99. The molecule has 0 aliphatic carbocycles. The molecule has 0 aromatic heterocycles. The number of rotatable bonds is 4. The molecule has 5 heteroatoms. The highest BCUT2D eigenvalue weighted by atomic mass is 16.6. The number of para-hydroxylation sites is 1. The van der Waals surface area contributed by atoms with Crippen molar-refractivity contribution >= 4 is 17.8 Å². The molecule has 132 valence electrons. The molecule has 0 atom stereocenters. The average molecular weight is 349 g/mol. The number of ether oxygens (including phenoxy) is 1. The van der Waals surface area contributed by atoms with Crippen molar-refractivity contribution in [3.63, 3.8) is 0 Å². The third kappa shape index (κ3) is 4.81. The summed E-state index contributed by atoms with van der Waals surface area (Å²) >= 11 is 0. The molecular formula is C21H19NO4. The second-order valence-electron chi connectivity index (χ2n) is 6.64. The predicted octanol–water partition coefficient (Wildman–Crippen LogP) is 3.87. The van der Waals surface area contributed by atoms with Crippen molar-refractivity contribution in [2.45, 2.75) is 26.4 Å². The molecule has 26 heavy (non-hydrogen) atoms. The molecule has 2 rings (SSSR count). The topological polar surface area (TPSA) is 87.4 Å². The van der Waals surface area contributed by atoms with Gasteiger partial charge in [0, 0.05) is 0 Å². The van der Waals surface area contributed by atoms with Crippen LogP contribution in [-0.2, 0) is 9.53 Å². The van der Waals surface area contributed by atoms with Crippen LogP contribution < -0.4 is 0 Å². The van der Waals surface area contributed by atoms with E-state index in [9.17, 15) is 14.7 Å². The molecule has 1 N–H and O–H groups in total. The third-order valence-corrected chi connectivity index (χ3v) is 3.36. The van der Waals surface area contributed by atoms with Crippen LogP contribution in [0.5, 0.6) is 5.75 Å². The zero-order chi connectivity index (χ0) is 19.3. The second kappa shape index (κ2) is 7.66. The van der Waals surface area contributed by atoms with Crippen molar-refractivity contribution in [1.29, 1.82) is 5.26 Å². The molecule has 0 fully saturated rings. The molecule has 0 heterocycles. The van der Waals surface area contributed by atoms with Crippen LogP contribution in [0.2, 0.25) is 0 Å². The van der Waals surface area contributed by atoms with Crippen molar-refractivity contribution in [2.75, 3.05) is 0 Å². The first kappa shape index (κ1) is 18.9. The van der Waals surface area contributed by atoms with E-state index in [1.165, 1.54) is 18.2 Å². The van der Waals surface area contributed by atoms with E-state index in [4.69, 9.17) is 10.00 Å². The first-order chi connectivity index (χ1) is 12.2. The maximum atomic E-state index is 12.8. The molecule has 0 unspecified atom stereocenters. The van der Waals surface area contributed by atoms with E-state index < -0.39 is 17.4 Å². The number of esters is 1. The summed E-state index contributed by atoms with van der Waals surface area (Å²) < 4.78 is 5.34. The van der Waals surface area contributed by atoms with Crippen LogP contribution in [0.1, 0.15) is 42.3 Å². The van der Waals surface area contributed by atoms with Gasteiger partial charge in [0.05, 0.1) is 17.2 Å². The van der Waals surface area contributed by atoms with Gasteiger partial charge in [-0.3, -0.25) is 4.79 Å². The number of carbonyl (C=O) groups is 2. The minimum absolute atomic E-state index is 0.0123. The van der Waals surface area contributed by atoms with Gasteiger partial charge in [0.25, 0.3) is 0 Å². The van der Waals surface area contributed by atoms with Crippen LogP contribution in [0.25, 0.3) is 6.08 Å². The Hall–Kier alpha value is -3.39. The Kier molecular flexibility index (Phi) is 5.58. The Morgan fingerprint density at radius 3 is 2.23 bits per heavy atom. The van der Waals surface area contributed by atoms with E-state index in [0.717, 1.165) is 0 Å². The minimum Gasteiger partial charge on any atom is -0.507 e. The predicted molar refractivity (Wildman–Crippen MR) is 97.4 cm³/mol. The fourth-order valence-electron chi connectivity index (χ4n) is 2.18. The number of hydrogen-bond acceptors (Lipinski definition) is 5. The highest BCUT2D eigenvalue weighted by molar-refractivity contribution is 6.27. The summed E-state index contributed by atoms with van der Waals surface area (Å²) in [6.45, 7) is 5.11. The summed E-state index contributed by atoms with van der Waals surface area (Å²) in [6.07, 6.45) is 1.39. The summed E-state index contributed by atoms with van der Waals surface area (Å²) in [5.74, 6) is -1.64. The number of aromatic hydroxyl groups is 1. The summed E-state index contributed by atoms with van der Waals surface area (Å²) in [7, 11) is 0. The summed E-state index contributed by atoms with van der Waals surface area (Å²) in [6, 6.07) is 14.4. The van der Waals surface area contributed by atoms with Crippen LogP contribution in [0.15, 0.2) is 54.1 Å². The standard InChI is InChI=1S/C21H19NO4/c1-21(2,3)26-20(25)17(12-14-8-10-15(13-22)11-9-14)19(24)16-6-4-5-7-18(16)23/h4-12,23H,1-3H3/b17-12+. The van der Waals surface area contributed by atoms with Crippen molar-refractivity contribution in [3.8, 4) is 11.8 Å². The summed E-state index contributed by atoms with van der Waals surface area (Å²) in [5, 5.41) is 18.8. The van der Waals surface area contributed by atoms with Crippen LogP contribution in [0.4, 0.5) is 0 Å². The van der Waals surface area contributed by atoms with E-state index in [2.05, 4.69) is 0 Å². The van der Waals surface area contributed by atoms with Gasteiger partial charge in [0.2, 0.25) is 5.78 Å². The number of Topliss-reactive ketones (excluding diaryl/α,β-unsaturated/α-hetero) is 1. The van der Waals surface area contributed by atoms with Gasteiger partial charge in [-0.2, -0.15) is 5.26 Å². The number of nitriles is 1. The van der Waals surface area contributed by atoms with Crippen molar-refractivity contribution in [2.24, 2.45) is 0 Å². The lowest BCUT2D eigenvalue weighted by atomic mass is 9.99. The normalized spacial score (nSPS) is 11.5. The smallest absolute Gasteiger partial charge is 0.342 e. The fraction of sp³-hybridized carbons (Fsp3) is 0.190. The number of phenols is 1. The number of ketones is 1. The van der Waals surface area contributed by atoms with E-state index in [0.29, 0.717) is 11.1 Å². The van der Waals surface area contributed by atoms with Gasteiger partial charge in [-0.15, -0.1) is 0 Å². The van der Waals surface area contributed by atoms with E-state index in [1.54, 1.807) is 57.2 Å². The average Bonchev–Trinajstić information content (AvgIpc) is 2.58. The SMILES string of the molecule is CC(C)(C)OC(=O)/C(=C/c1ccc(C#N)cc1)C(=O)c1ccccc1O. The number of carbonyl (C=O) groups excluding carboxylic acids is 2. The molecule has 5 nitrogen and oxygen atoms in total. The van der Waals surface area contributed by atoms with Crippen LogP contribution in [0.3, 0.4) is 0 Å². The highest BCUT2D eigenvalue weighted by Crippen LogP contribution is 2.23. The molecule has 0 radical (unpaired) electrons. The van der Waals surface area contributed by atoms with Gasteiger partial charge >= 0.3 is 5.97 Å². The van der Waals surface area contributed by atoms with Gasteiger partial charge in [-0.05, 0) is 56.7 Å². The Labute approximate surface area is 152 Å². The first-order valence-electron chi connectivity index (χ1n) is 7.99. The Morgan fingerprint density at radius 2 is 1.69 bits per heavy atom. The number of nitrogens with zero attached hydrogens (tertiary/aromatic N) is 1. The molecule has 0 amide bonds. The Bertz CT molecular complexity index is 897. The highest BCUT2D eigenvalue weighted by Gasteiger charge is 2.27. The fourth-order valence-corrected chi connectivity index (χ4v) is 2.18. The molecule has 0 aliphatic rings. The lowest BCUT2D eigenvalue weighted by Gasteiger charge is -2.20. The number of phenolic OH excluding ortho intramolecular Hbond substituents is 1. The monoisotopic (exact) mass is 349 g/mol. The lowest BCUT2D eigenvalue weighted by molar-refractivity contribution is -0.149. The molecular weight excluding hydrogens is 330 g/mol. The van der Waals surface area contributed by atoms with Crippen molar-refractivity contribution in [3.05, 3.63) is 70.8 Å². The van der Waals surface area contributed by atoms with Gasteiger partial charge in [0.1, 0.15) is 16.9 Å². The molecule has 2 aromatic rings. The summed E-state index contributed by atoms with van der Waals surface area (Å²) in [5.41, 5.74) is 0.0610. The number of hydrogen-bond donors (Lipinski definition) is 1. The van der Waals surface area contributed by atoms with Gasteiger partial charge in [-0.25, -0.2) is 4.79 Å². The number of benzene rings is 2. The third-order valence-electron chi connectivity index (χ3n) is 3.36. The molecule has 0 bridgehead atoms. The lowest BCUT2D eigenvalue weighted by Crippen LogP contribution is -2.27. The van der Waals surface area contributed by atoms with Gasteiger partial charge in [-0.1, -0.05) is 24.3 Å². The minimum atomic E-state index is -0.782. The molecule has 0 spiro atoms.